The fraction of sp³-hybridized carbons (Fsp3) is 0.538. The van der Waals surface area contributed by atoms with Gasteiger partial charge in [0.05, 0.1) is 10.5 Å². The highest BCUT2D eigenvalue weighted by Gasteiger charge is 2.38. The van der Waals surface area contributed by atoms with Gasteiger partial charge in [-0.05, 0) is 30.9 Å². The molecule has 0 spiro atoms. The zero-order chi connectivity index (χ0) is 15.7. The Morgan fingerprint density at radius 2 is 1.90 bits per heavy atom. The highest BCUT2D eigenvalue weighted by Crippen LogP contribution is 2.35. The van der Waals surface area contributed by atoms with Gasteiger partial charge in [-0.15, -0.1) is 11.6 Å². The van der Waals surface area contributed by atoms with E-state index in [1.54, 1.807) is 0 Å². The van der Waals surface area contributed by atoms with Crippen LogP contribution < -0.4 is 4.72 Å². The first-order chi connectivity index (χ1) is 9.75. The third-order valence-electron chi connectivity index (χ3n) is 3.65. The first kappa shape index (κ1) is 16.6. The quantitative estimate of drug-likeness (QED) is 0.853. The monoisotopic (exact) mass is 341 g/mol. The summed E-state index contributed by atoms with van der Waals surface area (Å²) >= 11 is 5.77. The molecular weight excluding hydrogens is 327 g/mol. The molecule has 1 saturated carbocycles. The first-order valence-corrected chi connectivity index (χ1v) is 8.52. The van der Waals surface area contributed by atoms with Crippen molar-refractivity contribution in [3.05, 3.63) is 29.8 Å². The van der Waals surface area contributed by atoms with Gasteiger partial charge in [-0.1, -0.05) is 18.6 Å². The summed E-state index contributed by atoms with van der Waals surface area (Å²) in [6, 6.07) is 3.77. The van der Waals surface area contributed by atoms with Crippen molar-refractivity contribution in [2.45, 2.75) is 36.4 Å². The van der Waals surface area contributed by atoms with Crippen molar-refractivity contribution in [2.24, 2.45) is 5.92 Å². The van der Waals surface area contributed by atoms with Gasteiger partial charge in [0.15, 0.2) is 0 Å². The van der Waals surface area contributed by atoms with Crippen LogP contribution in [0.2, 0.25) is 0 Å². The summed E-state index contributed by atoms with van der Waals surface area (Å²) in [5.74, 6) is 0.244. The third kappa shape index (κ3) is 3.70. The van der Waals surface area contributed by atoms with E-state index in [-0.39, 0.29) is 11.8 Å². The lowest BCUT2D eigenvalue weighted by Crippen LogP contribution is -2.38. The molecule has 0 bridgehead atoms. The standard InChI is InChI=1S/C13H15ClF3NO2S/c14-8-9-4-3-6-11(9)18-21(19,20)12-7-2-1-5-10(12)13(15,16)17/h1-2,5,7,9,11,18H,3-4,6,8H2. The molecule has 2 rings (SSSR count). The number of benzene rings is 1. The average Bonchev–Trinajstić information content (AvgIpc) is 2.84. The number of rotatable bonds is 4. The summed E-state index contributed by atoms with van der Waals surface area (Å²) in [6.45, 7) is 0. The van der Waals surface area contributed by atoms with Crippen molar-refractivity contribution in [2.75, 3.05) is 5.88 Å². The van der Waals surface area contributed by atoms with E-state index in [9.17, 15) is 21.6 Å². The zero-order valence-electron chi connectivity index (χ0n) is 11.0. The molecular formula is C13H15ClF3NO2S. The van der Waals surface area contributed by atoms with E-state index in [1.807, 2.05) is 0 Å². The Balaban J connectivity index is 2.32. The van der Waals surface area contributed by atoms with Crippen molar-refractivity contribution in [3.8, 4) is 0 Å². The largest absolute Gasteiger partial charge is 0.417 e. The number of alkyl halides is 4. The highest BCUT2D eigenvalue weighted by molar-refractivity contribution is 7.89. The second kappa shape index (κ2) is 6.14. The lowest BCUT2D eigenvalue weighted by molar-refractivity contribution is -0.139. The van der Waals surface area contributed by atoms with Crippen LogP contribution in [0.5, 0.6) is 0 Å². The van der Waals surface area contributed by atoms with Gasteiger partial charge in [0, 0.05) is 11.9 Å². The Morgan fingerprint density at radius 1 is 1.24 bits per heavy atom. The number of nitrogens with one attached hydrogen (secondary N) is 1. The van der Waals surface area contributed by atoms with Crippen molar-refractivity contribution in [3.63, 3.8) is 0 Å². The van der Waals surface area contributed by atoms with Gasteiger partial charge in [-0.3, -0.25) is 0 Å². The highest BCUT2D eigenvalue weighted by atomic mass is 35.5. The smallest absolute Gasteiger partial charge is 0.208 e. The van der Waals surface area contributed by atoms with Gasteiger partial charge < -0.3 is 0 Å². The van der Waals surface area contributed by atoms with Gasteiger partial charge in [0.2, 0.25) is 10.0 Å². The molecule has 0 aliphatic heterocycles. The maximum absolute atomic E-state index is 12.9. The molecule has 0 saturated heterocycles. The van der Waals surface area contributed by atoms with Crippen LogP contribution in [-0.4, -0.2) is 20.3 Å². The van der Waals surface area contributed by atoms with Gasteiger partial charge in [-0.25, -0.2) is 13.1 Å². The van der Waals surface area contributed by atoms with Crippen LogP contribution in [0, 0.1) is 5.92 Å². The zero-order valence-corrected chi connectivity index (χ0v) is 12.6. The normalized spacial score (nSPS) is 23.4. The van der Waals surface area contributed by atoms with Crippen LogP contribution in [0.1, 0.15) is 24.8 Å². The molecule has 3 nitrogen and oxygen atoms in total. The maximum atomic E-state index is 12.9. The van der Waals surface area contributed by atoms with Crippen LogP contribution in [-0.2, 0) is 16.2 Å². The Hall–Kier alpha value is -0.790. The molecule has 2 unspecified atom stereocenters. The fourth-order valence-corrected chi connectivity index (χ4v) is 4.51. The molecule has 1 aliphatic carbocycles. The van der Waals surface area contributed by atoms with E-state index in [0.29, 0.717) is 6.42 Å². The minimum absolute atomic E-state index is 0.0421. The van der Waals surface area contributed by atoms with Crippen molar-refractivity contribution >= 4 is 21.6 Å². The number of halogens is 4. The molecule has 0 aromatic heterocycles. The van der Waals surface area contributed by atoms with E-state index >= 15 is 0 Å². The van der Waals surface area contributed by atoms with Crippen LogP contribution >= 0.6 is 11.6 Å². The molecule has 0 amide bonds. The molecule has 2 atom stereocenters. The van der Waals surface area contributed by atoms with E-state index in [2.05, 4.69) is 4.72 Å². The van der Waals surface area contributed by atoms with E-state index < -0.39 is 32.7 Å². The molecule has 1 aromatic carbocycles. The lowest BCUT2D eigenvalue weighted by Gasteiger charge is -2.20. The van der Waals surface area contributed by atoms with Crippen LogP contribution in [0.15, 0.2) is 29.2 Å². The molecule has 118 valence electrons. The lowest BCUT2D eigenvalue weighted by atomic mass is 10.1. The Morgan fingerprint density at radius 3 is 2.52 bits per heavy atom. The summed E-state index contributed by atoms with van der Waals surface area (Å²) in [6.07, 6.45) is -2.54. The van der Waals surface area contributed by atoms with Crippen molar-refractivity contribution in [1.82, 2.24) is 4.72 Å². The number of hydrogen-bond acceptors (Lipinski definition) is 2. The molecule has 8 heteroatoms. The maximum Gasteiger partial charge on any atom is 0.417 e. The Labute approximate surface area is 126 Å². The van der Waals surface area contributed by atoms with E-state index in [0.717, 1.165) is 25.0 Å². The fourth-order valence-electron chi connectivity index (χ4n) is 2.57. The van der Waals surface area contributed by atoms with Gasteiger partial charge in [0.25, 0.3) is 0 Å². The van der Waals surface area contributed by atoms with Gasteiger partial charge in [-0.2, -0.15) is 13.2 Å². The summed E-state index contributed by atoms with van der Waals surface area (Å²) in [4.78, 5) is -0.738. The predicted molar refractivity (Wildman–Crippen MR) is 73.6 cm³/mol. The SMILES string of the molecule is O=S(=O)(NC1CCCC1CCl)c1ccccc1C(F)(F)F. The number of hydrogen-bond donors (Lipinski definition) is 1. The third-order valence-corrected chi connectivity index (χ3v) is 5.59. The topological polar surface area (TPSA) is 46.2 Å². The van der Waals surface area contributed by atoms with Crippen LogP contribution in [0.3, 0.4) is 0 Å². The Kier molecular flexibility index (Phi) is 4.85. The molecule has 0 radical (unpaired) electrons. The molecule has 1 aromatic rings. The molecule has 1 N–H and O–H groups in total. The van der Waals surface area contributed by atoms with E-state index in [4.69, 9.17) is 11.6 Å². The second-order valence-electron chi connectivity index (χ2n) is 5.07. The van der Waals surface area contributed by atoms with Crippen LogP contribution in [0.4, 0.5) is 13.2 Å². The number of sulfonamides is 1. The molecule has 1 fully saturated rings. The molecule has 0 heterocycles. The van der Waals surface area contributed by atoms with Crippen LogP contribution in [0.25, 0.3) is 0 Å². The minimum Gasteiger partial charge on any atom is -0.208 e. The Bertz CT molecular complexity index is 604. The average molecular weight is 342 g/mol. The first-order valence-electron chi connectivity index (χ1n) is 6.50. The predicted octanol–water partition coefficient (Wildman–Crippen LogP) is 3.39. The molecule has 1 aliphatic rings. The summed E-state index contributed by atoms with van der Waals surface area (Å²) in [7, 11) is -4.23. The van der Waals surface area contributed by atoms with Crippen molar-refractivity contribution < 1.29 is 21.6 Å². The summed E-state index contributed by atoms with van der Waals surface area (Å²) < 4.78 is 65.7. The van der Waals surface area contributed by atoms with Gasteiger partial charge in [0.1, 0.15) is 0 Å². The van der Waals surface area contributed by atoms with E-state index in [1.165, 1.54) is 12.1 Å². The second-order valence-corrected chi connectivity index (χ2v) is 7.06. The summed E-state index contributed by atoms with van der Waals surface area (Å²) in [5, 5.41) is 0. The minimum atomic E-state index is -4.72. The molecule has 21 heavy (non-hydrogen) atoms. The summed E-state index contributed by atoms with van der Waals surface area (Å²) in [5.41, 5.74) is -1.15. The van der Waals surface area contributed by atoms with Crippen molar-refractivity contribution in [1.29, 1.82) is 0 Å². The van der Waals surface area contributed by atoms with Gasteiger partial charge >= 0.3 is 6.18 Å².